The Bertz CT molecular complexity index is 1010. The molecule has 2 aromatic rings. The summed E-state index contributed by atoms with van der Waals surface area (Å²) in [4.78, 5) is 14.9. The third-order valence-corrected chi connectivity index (χ3v) is 6.67. The molecule has 0 aliphatic rings. The van der Waals surface area contributed by atoms with Gasteiger partial charge < -0.3 is 35.2 Å². The van der Waals surface area contributed by atoms with Gasteiger partial charge in [-0.05, 0) is 87.5 Å². The normalized spacial score (nSPS) is 13.3. The van der Waals surface area contributed by atoms with Gasteiger partial charge in [-0.2, -0.15) is 0 Å². The molecule has 0 spiro atoms. The molecule has 0 bridgehead atoms. The Morgan fingerprint density at radius 2 is 1.54 bits per heavy atom. The van der Waals surface area contributed by atoms with Crippen molar-refractivity contribution < 1.29 is 24.5 Å². The van der Waals surface area contributed by atoms with Gasteiger partial charge in [0.05, 0.1) is 31.0 Å². The Labute approximate surface area is 247 Å². The first-order chi connectivity index (χ1) is 19.5. The van der Waals surface area contributed by atoms with Crippen LogP contribution in [0.5, 0.6) is 11.5 Å². The summed E-state index contributed by atoms with van der Waals surface area (Å²) in [6.07, 6.45) is 0.387. The predicted octanol–water partition coefficient (Wildman–Crippen LogP) is 4.49. The van der Waals surface area contributed by atoms with E-state index in [-0.39, 0.29) is 11.3 Å². The maximum atomic E-state index is 12.8. The number of hydrogen-bond donors (Lipinski definition) is 4. The number of nitrogens with zero attached hydrogens (tertiary/aromatic N) is 1. The molecule has 0 saturated carbocycles. The van der Waals surface area contributed by atoms with E-state index in [0.717, 1.165) is 25.4 Å². The Morgan fingerprint density at radius 3 is 2.15 bits per heavy atom. The summed E-state index contributed by atoms with van der Waals surface area (Å²) < 4.78 is 11.7. The van der Waals surface area contributed by atoms with Gasteiger partial charge in [-0.1, -0.05) is 52.0 Å². The lowest BCUT2D eigenvalue weighted by Crippen LogP contribution is -2.40. The molecule has 8 nitrogen and oxygen atoms in total. The smallest absolute Gasteiger partial charge is 0.255 e. The van der Waals surface area contributed by atoms with E-state index in [4.69, 9.17) is 9.47 Å². The fourth-order valence-electron chi connectivity index (χ4n) is 4.66. The van der Waals surface area contributed by atoms with Gasteiger partial charge in [0.15, 0.2) is 0 Å². The van der Waals surface area contributed by atoms with Crippen LogP contribution in [0.25, 0.3) is 0 Å². The molecule has 0 aromatic heterocycles. The fraction of sp³-hybridized carbons (Fsp3) is 0.606. The number of carbonyl (C=O) groups excluding carboxylic acids is 1. The molecule has 0 radical (unpaired) electrons. The predicted molar refractivity (Wildman–Crippen MR) is 166 cm³/mol. The fourth-order valence-corrected chi connectivity index (χ4v) is 4.66. The lowest BCUT2D eigenvalue weighted by molar-refractivity contribution is 0.00432. The molecular formula is C33H53N3O5. The van der Waals surface area contributed by atoms with E-state index in [1.165, 1.54) is 5.56 Å². The summed E-state index contributed by atoms with van der Waals surface area (Å²) in [7, 11) is 4.04. The maximum Gasteiger partial charge on any atom is 0.255 e. The van der Waals surface area contributed by atoms with Crippen molar-refractivity contribution in [2.24, 2.45) is 11.3 Å². The van der Waals surface area contributed by atoms with Crippen LogP contribution in [0.1, 0.15) is 69.3 Å². The number of amides is 1. The largest absolute Gasteiger partial charge is 0.494 e. The second-order valence-corrected chi connectivity index (χ2v) is 12.4. The third kappa shape index (κ3) is 14.2. The van der Waals surface area contributed by atoms with Gasteiger partial charge in [0.25, 0.3) is 5.91 Å². The van der Waals surface area contributed by atoms with Gasteiger partial charge in [0.1, 0.15) is 11.5 Å². The highest BCUT2D eigenvalue weighted by atomic mass is 16.5. The molecule has 1 amide bonds. The minimum Gasteiger partial charge on any atom is -0.494 e. The maximum absolute atomic E-state index is 12.8. The van der Waals surface area contributed by atoms with Crippen LogP contribution >= 0.6 is 0 Å². The van der Waals surface area contributed by atoms with Crippen LogP contribution < -0.4 is 20.1 Å². The molecule has 8 heteroatoms. The summed E-state index contributed by atoms with van der Waals surface area (Å²) in [5, 5.41) is 27.2. The van der Waals surface area contributed by atoms with Crippen molar-refractivity contribution in [2.45, 2.75) is 72.1 Å². The van der Waals surface area contributed by atoms with Crippen LogP contribution in [0.4, 0.5) is 0 Å². The number of carbonyl (C=O) groups is 1. The summed E-state index contributed by atoms with van der Waals surface area (Å²) in [5.41, 5.74) is 1.65. The highest BCUT2D eigenvalue weighted by Crippen LogP contribution is 2.20. The number of aliphatic hydroxyl groups is 2. The number of rotatable bonds is 20. The molecule has 2 atom stereocenters. The van der Waals surface area contributed by atoms with Crippen molar-refractivity contribution in [3.8, 4) is 11.5 Å². The van der Waals surface area contributed by atoms with Gasteiger partial charge in [0, 0.05) is 19.6 Å². The number of aliphatic hydroxyl groups excluding tert-OH is 2. The molecule has 2 unspecified atom stereocenters. The molecule has 230 valence electrons. The minimum atomic E-state index is -0.839. The van der Waals surface area contributed by atoms with Crippen molar-refractivity contribution >= 4 is 5.91 Å². The number of nitrogens with one attached hydrogen (secondary N) is 2. The Balaban J connectivity index is 1.66. The average Bonchev–Trinajstić information content (AvgIpc) is 2.92. The quantitative estimate of drug-likeness (QED) is 0.174. The average molecular weight is 572 g/mol. The minimum absolute atomic E-state index is 0.0613. The standard InChI is InChI=1S/C33H53N3O5/c1-25(2)21-34-22-26-15-17-27(18-16-26)40-19-9-12-29(37)30(38)13-10-20-41-31-14-8-7-11-28(31)32(39)35-23-33(3,4)24-36(5)6/h7-8,11,14-18,25,29-30,34,37-38H,9-10,12-13,19-24H2,1-6H3,(H,35,39). The van der Waals surface area contributed by atoms with Gasteiger partial charge in [-0.3, -0.25) is 4.79 Å². The first-order valence-corrected chi connectivity index (χ1v) is 14.9. The van der Waals surface area contributed by atoms with E-state index in [0.29, 0.717) is 62.7 Å². The zero-order chi connectivity index (χ0) is 30.3. The molecule has 0 aliphatic heterocycles. The molecule has 2 rings (SSSR count). The molecule has 0 saturated heterocycles. The van der Waals surface area contributed by atoms with Crippen molar-refractivity contribution in [1.82, 2.24) is 15.5 Å². The summed E-state index contributed by atoms with van der Waals surface area (Å²) in [5.74, 6) is 1.77. The molecule has 4 N–H and O–H groups in total. The Hall–Kier alpha value is -2.65. The zero-order valence-electron chi connectivity index (χ0n) is 26.0. The van der Waals surface area contributed by atoms with Gasteiger partial charge in [-0.25, -0.2) is 0 Å². The first kappa shape index (κ1) is 34.6. The van der Waals surface area contributed by atoms with E-state index in [1.807, 2.05) is 38.4 Å². The van der Waals surface area contributed by atoms with Crippen LogP contribution in [-0.4, -0.2) is 80.2 Å². The zero-order valence-corrected chi connectivity index (χ0v) is 26.0. The van der Waals surface area contributed by atoms with E-state index < -0.39 is 12.2 Å². The molecule has 0 aliphatic carbocycles. The van der Waals surface area contributed by atoms with Crippen molar-refractivity contribution in [1.29, 1.82) is 0 Å². The second kappa shape index (κ2) is 18.0. The lowest BCUT2D eigenvalue weighted by Gasteiger charge is -2.28. The number of ether oxygens (including phenoxy) is 2. The van der Waals surface area contributed by atoms with E-state index in [2.05, 4.69) is 55.4 Å². The van der Waals surface area contributed by atoms with Crippen LogP contribution in [0, 0.1) is 11.3 Å². The number of hydrogen-bond acceptors (Lipinski definition) is 7. The Kier molecular flexibility index (Phi) is 15.2. The monoisotopic (exact) mass is 571 g/mol. The Morgan fingerprint density at radius 1 is 0.927 bits per heavy atom. The van der Waals surface area contributed by atoms with Crippen LogP contribution in [0.15, 0.2) is 48.5 Å². The van der Waals surface area contributed by atoms with Crippen molar-refractivity contribution in [3.05, 3.63) is 59.7 Å². The summed E-state index contributed by atoms with van der Waals surface area (Å²) in [6.45, 7) is 12.7. The topological polar surface area (TPSA) is 103 Å². The molecule has 2 aromatic carbocycles. The summed E-state index contributed by atoms with van der Waals surface area (Å²) in [6, 6.07) is 15.2. The molecule has 41 heavy (non-hydrogen) atoms. The van der Waals surface area contributed by atoms with E-state index in [1.54, 1.807) is 12.1 Å². The first-order valence-electron chi connectivity index (χ1n) is 14.9. The third-order valence-electron chi connectivity index (χ3n) is 6.67. The van der Waals surface area contributed by atoms with Gasteiger partial charge >= 0.3 is 0 Å². The van der Waals surface area contributed by atoms with E-state index >= 15 is 0 Å². The SMILES string of the molecule is CC(C)CNCc1ccc(OCCCC(O)C(O)CCCOc2ccccc2C(=O)NCC(C)(C)CN(C)C)cc1. The van der Waals surface area contributed by atoms with Gasteiger partial charge in [-0.15, -0.1) is 0 Å². The van der Waals surface area contributed by atoms with Crippen molar-refractivity contribution in [2.75, 3.05) is 46.9 Å². The number of para-hydroxylation sites is 1. The van der Waals surface area contributed by atoms with Crippen LogP contribution in [0.3, 0.4) is 0 Å². The van der Waals surface area contributed by atoms with Crippen LogP contribution in [0.2, 0.25) is 0 Å². The highest BCUT2D eigenvalue weighted by molar-refractivity contribution is 5.96. The summed E-state index contributed by atoms with van der Waals surface area (Å²) >= 11 is 0. The molecule has 0 heterocycles. The van der Waals surface area contributed by atoms with Crippen molar-refractivity contribution in [3.63, 3.8) is 0 Å². The lowest BCUT2D eigenvalue weighted by atomic mass is 9.93. The molecular weight excluding hydrogens is 518 g/mol. The highest BCUT2D eigenvalue weighted by Gasteiger charge is 2.21. The second-order valence-electron chi connectivity index (χ2n) is 12.4. The van der Waals surface area contributed by atoms with E-state index in [9.17, 15) is 15.0 Å². The number of benzene rings is 2. The molecule has 0 fully saturated rings. The van der Waals surface area contributed by atoms with Crippen LogP contribution in [-0.2, 0) is 6.54 Å². The van der Waals surface area contributed by atoms with Gasteiger partial charge in [0.2, 0.25) is 0 Å².